The molecule has 1 aromatic heterocycles. The highest BCUT2D eigenvalue weighted by molar-refractivity contribution is 5.98. The monoisotopic (exact) mass is 740 g/mol. The molecule has 0 saturated carbocycles. The highest BCUT2D eigenvalue weighted by atomic mass is 16.6. The zero-order valence-electron chi connectivity index (χ0n) is 31.6. The first kappa shape index (κ1) is 38.8. The number of aliphatic hydroxyl groups is 1. The van der Waals surface area contributed by atoms with E-state index in [1.807, 2.05) is 75.4 Å². The van der Waals surface area contributed by atoms with Crippen LogP contribution in [-0.4, -0.2) is 109 Å². The number of amides is 3. The van der Waals surface area contributed by atoms with Crippen LogP contribution in [0.3, 0.4) is 0 Å². The van der Waals surface area contributed by atoms with Crippen LogP contribution in [0.5, 0.6) is 0 Å². The molecule has 4 heterocycles. The van der Waals surface area contributed by atoms with Gasteiger partial charge in [0.05, 0.1) is 42.1 Å². The van der Waals surface area contributed by atoms with Gasteiger partial charge in [-0.2, -0.15) is 0 Å². The Bertz CT molecular complexity index is 1870. The number of fused-ring (bicyclic) bond motifs is 2. The lowest BCUT2D eigenvalue weighted by atomic mass is 9.70. The van der Waals surface area contributed by atoms with Crippen LogP contribution < -0.4 is 0 Å². The van der Waals surface area contributed by atoms with Crippen molar-refractivity contribution < 1.29 is 33.8 Å². The standard InChI is InChI=1S/C41H52N6O7/c1-7-10-20-33(49)44(6)27(5)36(28-16-12-11-13-17-28)53-40(52)34-32-21-22-41(54-32)35(34)38(50)47(31(24-48)26(4)9-3)37(41)39(51)45(23-8-2)25-46-30-19-15-14-18-29(30)42-43-46/h7-8,11-19,26-27,31-32,34-37,48H,1-2,9-10,20-25H2,3-6H3/t26-,27-,31-,32+,34-,35-,36+,37+,41-/m0/s1. The number of aromatic nitrogens is 3. The number of nitrogens with zero attached hydrogens (tertiary/aromatic N) is 6. The number of hydrogen-bond acceptors (Lipinski definition) is 9. The van der Waals surface area contributed by atoms with Gasteiger partial charge in [-0.1, -0.05) is 80.1 Å². The molecule has 3 aliphatic heterocycles. The van der Waals surface area contributed by atoms with E-state index in [4.69, 9.17) is 9.47 Å². The van der Waals surface area contributed by atoms with Crippen molar-refractivity contribution in [3.63, 3.8) is 0 Å². The SMILES string of the molecule is C=CCCC(=O)N(C)[C@@H](C)[C@@H](OC(=O)[C@@H]1[C@H]2C(=O)N([C@@H](CO)[C@@H](C)CC)[C@H](C(=O)N(CC=C)Cn3nnc4ccccc43)[C@]23CC[C@H]1O3)c1ccccc1. The number of rotatable bonds is 17. The molecule has 0 radical (unpaired) electrons. The third-order valence-corrected chi connectivity index (χ3v) is 11.9. The van der Waals surface area contributed by atoms with Crippen molar-refractivity contribution in [2.75, 3.05) is 20.2 Å². The van der Waals surface area contributed by atoms with Gasteiger partial charge in [0.2, 0.25) is 17.7 Å². The van der Waals surface area contributed by atoms with Gasteiger partial charge in [0.15, 0.2) is 0 Å². The number of para-hydroxylation sites is 1. The zero-order valence-corrected chi connectivity index (χ0v) is 31.6. The van der Waals surface area contributed by atoms with Crippen LogP contribution in [0.15, 0.2) is 79.9 Å². The fourth-order valence-electron chi connectivity index (χ4n) is 8.66. The lowest BCUT2D eigenvalue weighted by molar-refractivity contribution is -0.165. The van der Waals surface area contributed by atoms with Gasteiger partial charge >= 0.3 is 5.97 Å². The second kappa shape index (κ2) is 16.2. The Morgan fingerprint density at radius 2 is 1.83 bits per heavy atom. The second-order valence-electron chi connectivity index (χ2n) is 14.8. The molecule has 9 atom stereocenters. The molecule has 3 amide bonds. The van der Waals surface area contributed by atoms with Crippen LogP contribution in [0.1, 0.15) is 64.5 Å². The molecular formula is C41H52N6O7. The van der Waals surface area contributed by atoms with E-state index in [-0.39, 0.29) is 38.1 Å². The summed E-state index contributed by atoms with van der Waals surface area (Å²) < 4.78 is 14.7. The van der Waals surface area contributed by atoms with Crippen LogP contribution in [0, 0.1) is 17.8 Å². The Hall–Kier alpha value is -4.88. The van der Waals surface area contributed by atoms with Crippen LogP contribution in [-0.2, 0) is 35.3 Å². The molecule has 0 aliphatic carbocycles. The number of likely N-dealkylation sites (N-methyl/N-ethyl adjacent to an activating group) is 1. The second-order valence-corrected chi connectivity index (χ2v) is 14.8. The van der Waals surface area contributed by atoms with E-state index in [1.54, 1.807) is 33.7 Å². The zero-order chi connectivity index (χ0) is 38.7. The van der Waals surface area contributed by atoms with Gasteiger partial charge in [-0.3, -0.25) is 19.2 Å². The Balaban J connectivity index is 1.36. The number of esters is 1. The maximum atomic E-state index is 15.1. The molecule has 3 aromatic rings. The fraction of sp³-hybridized carbons (Fsp3) is 0.512. The Morgan fingerprint density at radius 3 is 2.52 bits per heavy atom. The maximum Gasteiger partial charge on any atom is 0.313 e. The quantitative estimate of drug-likeness (QED) is 0.158. The third kappa shape index (κ3) is 6.83. The first-order valence-corrected chi connectivity index (χ1v) is 18.9. The van der Waals surface area contributed by atoms with Crippen LogP contribution in [0.4, 0.5) is 0 Å². The summed E-state index contributed by atoms with van der Waals surface area (Å²) in [6.07, 6.45) is 4.02. The van der Waals surface area contributed by atoms with Gasteiger partial charge in [-0.15, -0.1) is 18.3 Å². The lowest BCUT2D eigenvalue weighted by Crippen LogP contribution is -2.60. The average Bonchev–Trinajstić information content (AvgIpc) is 3.95. The molecule has 1 spiro atoms. The summed E-state index contributed by atoms with van der Waals surface area (Å²) in [6, 6.07) is 14.3. The van der Waals surface area contributed by atoms with Gasteiger partial charge in [0.25, 0.3) is 0 Å². The van der Waals surface area contributed by atoms with Gasteiger partial charge < -0.3 is 29.3 Å². The largest absolute Gasteiger partial charge is 0.455 e. The summed E-state index contributed by atoms with van der Waals surface area (Å²) >= 11 is 0. The summed E-state index contributed by atoms with van der Waals surface area (Å²) in [5.74, 6) is -3.74. The summed E-state index contributed by atoms with van der Waals surface area (Å²) in [5.41, 5.74) is 0.773. The van der Waals surface area contributed by atoms with Crippen molar-refractivity contribution in [2.24, 2.45) is 17.8 Å². The highest BCUT2D eigenvalue weighted by Crippen LogP contribution is 2.59. The number of carbonyl (C=O) groups excluding carboxylic acids is 4. The lowest BCUT2D eigenvalue weighted by Gasteiger charge is -2.40. The maximum absolute atomic E-state index is 15.1. The minimum atomic E-state index is -1.33. The van der Waals surface area contributed by atoms with Crippen molar-refractivity contribution >= 4 is 34.7 Å². The summed E-state index contributed by atoms with van der Waals surface area (Å²) in [4.78, 5) is 62.3. The molecule has 0 unspecified atom stereocenters. The van der Waals surface area contributed by atoms with E-state index in [2.05, 4.69) is 23.5 Å². The van der Waals surface area contributed by atoms with Gasteiger partial charge in [0, 0.05) is 20.0 Å². The number of aliphatic hydroxyl groups excluding tert-OH is 1. The highest BCUT2D eigenvalue weighted by Gasteiger charge is 2.76. The van der Waals surface area contributed by atoms with Gasteiger partial charge in [-0.25, -0.2) is 4.68 Å². The van der Waals surface area contributed by atoms with E-state index in [0.29, 0.717) is 36.8 Å². The fourth-order valence-corrected chi connectivity index (χ4v) is 8.66. The molecule has 54 heavy (non-hydrogen) atoms. The summed E-state index contributed by atoms with van der Waals surface area (Å²) in [5, 5.41) is 19.4. The van der Waals surface area contributed by atoms with Crippen molar-refractivity contribution in [3.8, 4) is 0 Å². The minimum absolute atomic E-state index is 0.0301. The molecule has 2 aromatic carbocycles. The number of ether oxygens (including phenoxy) is 2. The molecule has 13 nitrogen and oxygen atoms in total. The first-order valence-electron chi connectivity index (χ1n) is 18.9. The van der Waals surface area contributed by atoms with E-state index in [0.717, 1.165) is 5.52 Å². The smallest absolute Gasteiger partial charge is 0.313 e. The minimum Gasteiger partial charge on any atom is -0.455 e. The van der Waals surface area contributed by atoms with Crippen molar-refractivity contribution in [2.45, 2.75) is 95.5 Å². The number of likely N-dealkylation sites (tertiary alicyclic amines) is 1. The summed E-state index contributed by atoms with van der Waals surface area (Å²) in [7, 11) is 1.69. The molecule has 6 rings (SSSR count). The van der Waals surface area contributed by atoms with Crippen molar-refractivity contribution in [1.82, 2.24) is 29.7 Å². The predicted molar refractivity (Wildman–Crippen MR) is 201 cm³/mol. The molecule has 288 valence electrons. The van der Waals surface area contributed by atoms with Gasteiger partial charge in [0.1, 0.15) is 29.9 Å². The average molecular weight is 741 g/mol. The molecule has 3 aliphatic rings. The molecular weight excluding hydrogens is 688 g/mol. The first-order chi connectivity index (χ1) is 26.0. The van der Waals surface area contributed by atoms with Crippen LogP contribution in [0.2, 0.25) is 0 Å². The van der Waals surface area contributed by atoms with Crippen molar-refractivity contribution in [3.05, 3.63) is 85.5 Å². The number of benzene rings is 2. The van der Waals surface area contributed by atoms with Gasteiger partial charge in [-0.05, 0) is 49.8 Å². The molecule has 3 fully saturated rings. The predicted octanol–water partition coefficient (Wildman–Crippen LogP) is 4.28. The molecule has 1 N–H and O–H groups in total. The van der Waals surface area contributed by atoms with E-state index in [1.165, 1.54) is 4.90 Å². The van der Waals surface area contributed by atoms with Crippen LogP contribution in [0.25, 0.3) is 11.0 Å². The normalized spacial score (nSPS) is 25.1. The molecule has 2 bridgehead atoms. The Morgan fingerprint density at radius 1 is 1.11 bits per heavy atom. The topological polar surface area (TPSA) is 147 Å². The number of carbonyl (C=O) groups is 4. The summed E-state index contributed by atoms with van der Waals surface area (Å²) in [6.45, 7) is 13.2. The Kier molecular flexibility index (Phi) is 11.7. The van der Waals surface area contributed by atoms with Crippen molar-refractivity contribution in [1.29, 1.82) is 0 Å². The third-order valence-electron chi connectivity index (χ3n) is 11.9. The molecule has 13 heteroatoms. The van der Waals surface area contributed by atoms with Crippen LogP contribution >= 0.6 is 0 Å². The van der Waals surface area contributed by atoms with E-state index in [9.17, 15) is 19.5 Å². The Labute approximate surface area is 316 Å². The molecule has 3 saturated heterocycles. The number of hydrogen-bond donors (Lipinski definition) is 1. The van der Waals surface area contributed by atoms with E-state index < -0.39 is 65.6 Å². The van der Waals surface area contributed by atoms with E-state index >= 15 is 4.79 Å². The number of allylic oxidation sites excluding steroid dienone is 1.